The van der Waals surface area contributed by atoms with E-state index in [2.05, 4.69) is 10.2 Å². The van der Waals surface area contributed by atoms with Gasteiger partial charge >= 0.3 is 0 Å². The summed E-state index contributed by atoms with van der Waals surface area (Å²) in [5.41, 5.74) is 7.48. The molecule has 6 heteroatoms. The first kappa shape index (κ1) is 10.7. The molecule has 3 heterocycles. The number of hydrogen-bond acceptors (Lipinski definition) is 4. The second kappa shape index (κ2) is 4.10. The minimum absolute atomic E-state index is 0.499. The third-order valence-electron chi connectivity index (χ3n) is 2.49. The summed E-state index contributed by atoms with van der Waals surface area (Å²) in [7, 11) is 0. The Balaban J connectivity index is 2.22. The van der Waals surface area contributed by atoms with E-state index in [-0.39, 0.29) is 0 Å². The third kappa shape index (κ3) is 1.82. The maximum Gasteiger partial charge on any atom is 0.178 e. The second-order valence-corrected chi connectivity index (χ2v) is 5.31. The molecule has 0 amide bonds. The van der Waals surface area contributed by atoms with Gasteiger partial charge in [-0.05, 0) is 23.8 Å². The number of nitrogens with two attached hydrogens (primary N) is 1. The first-order valence-electron chi connectivity index (χ1n) is 5.07. The minimum atomic E-state index is 0.499. The van der Waals surface area contributed by atoms with Crippen LogP contribution in [0.15, 0.2) is 30.5 Å². The van der Waals surface area contributed by atoms with E-state index in [1.54, 1.807) is 0 Å². The van der Waals surface area contributed by atoms with Gasteiger partial charge in [0.15, 0.2) is 11.5 Å². The minimum Gasteiger partial charge on any atom is -0.326 e. The molecule has 0 aliphatic heterocycles. The van der Waals surface area contributed by atoms with Crippen LogP contribution in [-0.4, -0.2) is 14.6 Å². The molecule has 0 saturated heterocycles. The summed E-state index contributed by atoms with van der Waals surface area (Å²) >= 11 is 7.41. The fourth-order valence-electron chi connectivity index (χ4n) is 1.66. The summed E-state index contributed by atoms with van der Waals surface area (Å²) in [5.74, 6) is 0.798. The van der Waals surface area contributed by atoms with Crippen molar-refractivity contribution in [2.45, 2.75) is 6.54 Å². The monoisotopic (exact) mass is 264 g/mol. The van der Waals surface area contributed by atoms with Gasteiger partial charge in [-0.1, -0.05) is 17.7 Å². The Labute approximate surface area is 107 Å². The van der Waals surface area contributed by atoms with Crippen LogP contribution in [0.3, 0.4) is 0 Å². The smallest absolute Gasteiger partial charge is 0.178 e. The molecule has 0 bridgehead atoms. The molecule has 0 aliphatic carbocycles. The lowest BCUT2D eigenvalue weighted by molar-refractivity contribution is 1.03. The van der Waals surface area contributed by atoms with E-state index in [0.29, 0.717) is 6.54 Å². The highest BCUT2D eigenvalue weighted by Crippen LogP contribution is 2.30. The zero-order valence-corrected chi connectivity index (χ0v) is 10.4. The van der Waals surface area contributed by atoms with Crippen LogP contribution < -0.4 is 5.73 Å². The third-order valence-corrected chi connectivity index (χ3v) is 3.72. The molecule has 0 radical (unpaired) electrons. The van der Waals surface area contributed by atoms with Crippen LogP contribution in [0.4, 0.5) is 0 Å². The summed E-state index contributed by atoms with van der Waals surface area (Å²) in [6.45, 7) is 0.499. The van der Waals surface area contributed by atoms with Crippen molar-refractivity contribution in [2.24, 2.45) is 5.73 Å². The summed E-state index contributed by atoms with van der Waals surface area (Å²) in [4.78, 5) is 0.997. The molecular weight excluding hydrogens is 256 g/mol. The van der Waals surface area contributed by atoms with Crippen molar-refractivity contribution in [3.8, 4) is 10.7 Å². The van der Waals surface area contributed by atoms with Gasteiger partial charge in [0, 0.05) is 12.7 Å². The lowest BCUT2D eigenvalue weighted by atomic mass is 10.3. The van der Waals surface area contributed by atoms with Gasteiger partial charge in [0.1, 0.15) is 0 Å². The molecule has 3 aromatic rings. The molecule has 0 fully saturated rings. The molecule has 2 N–H and O–H groups in total. The zero-order chi connectivity index (χ0) is 11.8. The maximum absolute atomic E-state index is 5.93. The standard InChI is InChI=1S/C11H9ClN4S/c12-9-3-2-8(17-9)11-15-14-10-4-1-7(5-13)6-16(10)11/h1-4,6H,5,13H2. The van der Waals surface area contributed by atoms with Crippen molar-refractivity contribution in [2.75, 3.05) is 0 Å². The van der Waals surface area contributed by atoms with Crippen molar-refractivity contribution < 1.29 is 0 Å². The van der Waals surface area contributed by atoms with Crippen LogP contribution in [0, 0.1) is 0 Å². The lowest BCUT2D eigenvalue weighted by Crippen LogP contribution is -1.98. The fraction of sp³-hybridized carbons (Fsp3) is 0.0909. The quantitative estimate of drug-likeness (QED) is 0.774. The Morgan fingerprint density at radius 1 is 1.24 bits per heavy atom. The van der Waals surface area contributed by atoms with Crippen LogP contribution in [0.5, 0.6) is 0 Å². The van der Waals surface area contributed by atoms with Crippen LogP contribution in [0.25, 0.3) is 16.3 Å². The molecule has 0 aromatic carbocycles. The van der Waals surface area contributed by atoms with E-state index >= 15 is 0 Å². The van der Waals surface area contributed by atoms with Crippen molar-refractivity contribution in [1.82, 2.24) is 14.6 Å². The van der Waals surface area contributed by atoms with Crippen LogP contribution in [-0.2, 0) is 6.54 Å². The molecule has 0 unspecified atom stereocenters. The molecule has 3 rings (SSSR count). The molecule has 86 valence electrons. The topological polar surface area (TPSA) is 56.2 Å². The van der Waals surface area contributed by atoms with E-state index < -0.39 is 0 Å². The number of pyridine rings is 1. The molecule has 0 saturated carbocycles. The SMILES string of the molecule is NCc1ccc2nnc(-c3ccc(Cl)s3)n2c1. The average molecular weight is 265 g/mol. The second-order valence-electron chi connectivity index (χ2n) is 3.60. The number of hydrogen-bond donors (Lipinski definition) is 1. The van der Waals surface area contributed by atoms with Gasteiger partial charge in [-0.15, -0.1) is 21.5 Å². The lowest BCUT2D eigenvalue weighted by Gasteiger charge is -2.00. The van der Waals surface area contributed by atoms with Gasteiger partial charge in [-0.3, -0.25) is 4.40 Å². The summed E-state index contributed by atoms with van der Waals surface area (Å²) in [6, 6.07) is 7.66. The Kier molecular flexibility index (Phi) is 2.58. The Bertz CT molecular complexity index is 673. The summed E-state index contributed by atoms with van der Waals surface area (Å²) < 4.78 is 2.68. The highest BCUT2D eigenvalue weighted by molar-refractivity contribution is 7.19. The highest BCUT2D eigenvalue weighted by atomic mass is 35.5. The van der Waals surface area contributed by atoms with Gasteiger partial charge in [-0.2, -0.15) is 0 Å². The number of rotatable bonds is 2. The molecule has 3 aromatic heterocycles. The van der Waals surface area contributed by atoms with E-state index in [1.165, 1.54) is 11.3 Å². The van der Waals surface area contributed by atoms with E-state index in [9.17, 15) is 0 Å². The van der Waals surface area contributed by atoms with Crippen LogP contribution in [0.1, 0.15) is 5.56 Å². The molecular formula is C11H9ClN4S. The van der Waals surface area contributed by atoms with Gasteiger partial charge in [0.25, 0.3) is 0 Å². The molecule has 0 spiro atoms. The van der Waals surface area contributed by atoms with Crippen molar-refractivity contribution in [1.29, 1.82) is 0 Å². The van der Waals surface area contributed by atoms with E-state index in [4.69, 9.17) is 17.3 Å². The van der Waals surface area contributed by atoms with Crippen LogP contribution >= 0.6 is 22.9 Å². The number of nitrogens with zero attached hydrogens (tertiary/aromatic N) is 3. The predicted octanol–water partition coefficient (Wildman–Crippen LogP) is 2.57. The van der Waals surface area contributed by atoms with Gasteiger partial charge in [0.05, 0.1) is 9.21 Å². The predicted molar refractivity (Wildman–Crippen MR) is 69.2 cm³/mol. The van der Waals surface area contributed by atoms with Crippen molar-refractivity contribution >= 4 is 28.6 Å². The van der Waals surface area contributed by atoms with E-state index in [0.717, 1.165) is 26.2 Å². The van der Waals surface area contributed by atoms with Crippen molar-refractivity contribution in [3.05, 3.63) is 40.4 Å². The molecule has 0 aliphatic rings. The number of aromatic nitrogens is 3. The largest absolute Gasteiger partial charge is 0.326 e. The molecule has 0 atom stereocenters. The van der Waals surface area contributed by atoms with Gasteiger partial charge in [0.2, 0.25) is 0 Å². The Morgan fingerprint density at radius 2 is 2.12 bits per heavy atom. The highest BCUT2D eigenvalue weighted by Gasteiger charge is 2.10. The molecule has 17 heavy (non-hydrogen) atoms. The Hall–Kier alpha value is -1.43. The average Bonchev–Trinajstić information content (AvgIpc) is 2.93. The maximum atomic E-state index is 5.93. The Morgan fingerprint density at radius 3 is 2.82 bits per heavy atom. The van der Waals surface area contributed by atoms with E-state index in [1.807, 2.05) is 34.9 Å². The normalized spacial score (nSPS) is 11.2. The number of halogens is 1. The molecule has 4 nitrogen and oxygen atoms in total. The van der Waals surface area contributed by atoms with Crippen LogP contribution in [0.2, 0.25) is 4.34 Å². The number of thiophene rings is 1. The van der Waals surface area contributed by atoms with Gasteiger partial charge < -0.3 is 5.73 Å². The van der Waals surface area contributed by atoms with Crippen molar-refractivity contribution in [3.63, 3.8) is 0 Å². The summed E-state index contributed by atoms with van der Waals surface area (Å²) in [6.07, 6.45) is 1.96. The zero-order valence-electron chi connectivity index (χ0n) is 8.80. The first-order valence-corrected chi connectivity index (χ1v) is 6.27. The number of fused-ring (bicyclic) bond motifs is 1. The first-order chi connectivity index (χ1) is 8.28. The fourth-order valence-corrected chi connectivity index (χ4v) is 2.68. The van der Waals surface area contributed by atoms with Gasteiger partial charge in [-0.25, -0.2) is 0 Å². The summed E-state index contributed by atoms with van der Waals surface area (Å²) in [5, 5.41) is 8.29.